The van der Waals surface area contributed by atoms with E-state index < -0.39 is 0 Å². The molecular weight excluding hydrogens is 304 g/mol. The molecule has 5 nitrogen and oxygen atoms in total. The number of hydrogen-bond acceptors (Lipinski definition) is 4. The predicted molar refractivity (Wildman–Crippen MR) is 88.3 cm³/mol. The minimum absolute atomic E-state index is 0.0756. The van der Waals surface area contributed by atoms with Crippen LogP contribution in [0.3, 0.4) is 0 Å². The Morgan fingerprint density at radius 1 is 1.38 bits per heavy atom. The number of likely N-dealkylation sites (tertiary alicyclic amines) is 1. The molecule has 4 rings (SSSR count). The van der Waals surface area contributed by atoms with Crippen LogP contribution in [0.25, 0.3) is 0 Å². The third-order valence-corrected chi connectivity index (χ3v) is 5.50. The molecule has 2 aliphatic rings. The maximum Gasteiger partial charge on any atom is 0.257 e. The summed E-state index contributed by atoms with van der Waals surface area (Å²) in [6.45, 7) is 2.95. The minimum Gasteiger partial charge on any atom is -0.472 e. The number of nitrogens with zero attached hydrogens (tertiary/aromatic N) is 2. The van der Waals surface area contributed by atoms with Crippen LogP contribution in [0.1, 0.15) is 35.2 Å². The average molecular weight is 326 g/mol. The van der Waals surface area contributed by atoms with Crippen molar-refractivity contribution < 1.29 is 13.9 Å². The summed E-state index contributed by atoms with van der Waals surface area (Å²) in [6.07, 6.45) is 10.2. The molecule has 126 valence electrons. The predicted octanol–water partition coefficient (Wildman–Crippen LogP) is 3.13. The highest BCUT2D eigenvalue weighted by atomic mass is 16.5. The number of fused-ring (bicyclic) bond motifs is 1. The van der Waals surface area contributed by atoms with Gasteiger partial charge in [0.1, 0.15) is 6.26 Å². The second kappa shape index (κ2) is 6.40. The lowest BCUT2D eigenvalue weighted by Crippen LogP contribution is -2.34. The number of pyridine rings is 1. The van der Waals surface area contributed by atoms with Gasteiger partial charge in [0.25, 0.3) is 5.91 Å². The van der Waals surface area contributed by atoms with Crippen LogP contribution in [0.4, 0.5) is 0 Å². The van der Waals surface area contributed by atoms with Crippen molar-refractivity contribution >= 4 is 5.91 Å². The zero-order chi connectivity index (χ0) is 16.4. The Morgan fingerprint density at radius 3 is 3.04 bits per heavy atom. The van der Waals surface area contributed by atoms with Gasteiger partial charge in [-0.2, -0.15) is 0 Å². The number of furan rings is 1. The molecule has 0 bridgehead atoms. The van der Waals surface area contributed by atoms with Gasteiger partial charge in [-0.15, -0.1) is 0 Å². The third-order valence-electron chi connectivity index (χ3n) is 5.50. The molecule has 2 fully saturated rings. The molecule has 24 heavy (non-hydrogen) atoms. The molecule has 5 heteroatoms. The summed E-state index contributed by atoms with van der Waals surface area (Å²) in [6, 6.07) is 5.70. The monoisotopic (exact) mass is 326 g/mol. The molecule has 0 spiro atoms. The fraction of sp³-hybridized carbons (Fsp3) is 0.474. The topological polar surface area (TPSA) is 55.6 Å². The second-order valence-electron chi connectivity index (χ2n) is 7.00. The van der Waals surface area contributed by atoms with E-state index in [-0.39, 0.29) is 11.3 Å². The van der Waals surface area contributed by atoms with Crippen molar-refractivity contribution in [1.82, 2.24) is 9.88 Å². The molecule has 0 unspecified atom stereocenters. The lowest BCUT2D eigenvalue weighted by molar-refractivity contribution is 0.0265. The number of ether oxygens (including phenoxy) is 1. The van der Waals surface area contributed by atoms with Crippen molar-refractivity contribution in [2.75, 3.05) is 19.7 Å². The van der Waals surface area contributed by atoms with Gasteiger partial charge < -0.3 is 14.1 Å². The largest absolute Gasteiger partial charge is 0.472 e. The quantitative estimate of drug-likeness (QED) is 0.847. The van der Waals surface area contributed by atoms with Crippen molar-refractivity contribution in [3.05, 3.63) is 54.2 Å². The SMILES string of the molecule is O=C(c1ccoc1)N1C[C@H]2CCC[C@@]2(COCc2ccncc2)C1. The molecule has 0 radical (unpaired) electrons. The molecule has 3 heterocycles. The Balaban J connectivity index is 1.40. The summed E-state index contributed by atoms with van der Waals surface area (Å²) < 4.78 is 11.1. The van der Waals surface area contributed by atoms with E-state index in [1.165, 1.54) is 19.1 Å². The molecule has 1 saturated carbocycles. The first-order valence-electron chi connectivity index (χ1n) is 8.55. The molecule has 2 atom stereocenters. The van der Waals surface area contributed by atoms with Gasteiger partial charge in [-0.05, 0) is 42.5 Å². The number of carbonyl (C=O) groups excluding carboxylic acids is 1. The Hall–Kier alpha value is -2.14. The average Bonchev–Trinajstić information content (AvgIpc) is 3.31. The van der Waals surface area contributed by atoms with Crippen LogP contribution in [-0.4, -0.2) is 35.5 Å². The van der Waals surface area contributed by atoms with Gasteiger partial charge in [-0.1, -0.05) is 6.42 Å². The summed E-state index contributed by atoms with van der Waals surface area (Å²) in [5.41, 5.74) is 1.90. The maximum absolute atomic E-state index is 12.6. The van der Waals surface area contributed by atoms with Crippen molar-refractivity contribution in [2.45, 2.75) is 25.9 Å². The zero-order valence-corrected chi connectivity index (χ0v) is 13.7. The van der Waals surface area contributed by atoms with Crippen LogP contribution in [0.2, 0.25) is 0 Å². The van der Waals surface area contributed by atoms with Crippen molar-refractivity contribution in [2.24, 2.45) is 11.3 Å². The van der Waals surface area contributed by atoms with Crippen molar-refractivity contribution in [3.8, 4) is 0 Å². The molecule has 1 aliphatic carbocycles. The lowest BCUT2D eigenvalue weighted by Gasteiger charge is -2.28. The number of amides is 1. The van der Waals surface area contributed by atoms with Gasteiger partial charge in [0, 0.05) is 30.9 Å². The fourth-order valence-corrected chi connectivity index (χ4v) is 4.22. The minimum atomic E-state index is 0.0756. The van der Waals surface area contributed by atoms with Crippen LogP contribution in [0.15, 0.2) is 47.5 Å². The van der Waals surface area contributed by atoms with Gasteiger partial charge in [0.15, 0.2) is 0 Å². The van der Waals surface area contributed by atoms with Gasteiger partial charge >= 0.3 is 0 Å². The molecule has 1 amide bonds. The number of carbonyl (C=O) groups is 1. The Bertz CT molecular complexity index is 686. The van der Waals surface area contributed by atoms with E-state index in [1.807, 2.05) is 17.0 Å². The van der Waals surface area contributed by atoms with Crippen molar-refractivity contribution in [3.63, 3.8) is 0 Å². The van der Waals surface area contributed by atoms with E-state index in [0.29, 0.717) is 18.1 Å². The third kappa shape index (κ3) is 2.84. The maximum atomic E-state index is 12.6. The van der Waals surface area contributed by atoms with Crippen LogP contribution in [0.5, 0.6) is 0 Å². The summed E-state index contributed by atoms with van der Waals surface area (Å²) >= 11 is 0. The molecule has 0 N–H and O–H groups in total. The molecular formula is C19H22N2O3. The molecule has 2 aromatic rings. The van der Waals surface area contributed by atoms with E-state index in [1.54, 1.807) is 24.7 Å². The fourth-order valence-electron chi connectivity index (χ4n) is 4.22. The standard InChI is InChI=1S/C19H22N2O3/c22-18(16-5-9-23-12-16)21-10-17-2-1-6-19(17,13-21)14-24-11-15-3-7-20-8-4-15/h3-5,7-9,12,17H,1-2,6,10-11,13-14H2/t17-,19+/m1/s1. The van der Waals surface area contributed by atoms with Crippen LogP contribution in [0, 0.1) is 11.3 Å². The highest BCUT2D eigenvalue weighted by molar-refractivity contribution is 5.94. The molecule has 1 aliphatic heterocycles. The first-order chi connectivity index (χ1) is 11.8. The van der Waals surface area contributed by atoms with Crippen LogP contribution in [-0.2, 0) is 11.3 Å². The zero-order valence-electron chi connectivity index (χ0n) is 13.7. The molecule has 2 aromatic heterocycles. The number of hydrogen-bond donors (Lipinski definition) is 0. The number of aromatic nitrogens is 1. The Labute approximate surface area is 141 Å². The summed E-state index contributed by atoms with van der Waals surface area (Å²) in [5, 5.41) is 0. The Kier molecular flexibility index (Phi) is 4.10. The number of rotatable bonds is 5. The normalized spacial score (nSPS) is 25.8. The van der Waals surface area contributed by atoms with Crippen LogP contribution >= 0.6 is 0 Å². The molecule has 1 saturated heterocycles. The summed E-state index contributed by atoms with van der Waals surface area (Å²) in [7, 11) is 0. The second-order valence-corrected chi connectivity index (χ2v) is 7.00. The Morgan fingerprint density at radius 2 is 2.25 bits per heavy atom. The van der Waals surface area contributed by atoms with Crippen LogP contribution < -0.4 is 0 Å². The summed E-state index contributed by atoms with van der Waals surface area (Å²) in [4.78, 5) is 18.6. The summed E-state index contributed by atoms with van der Waals surface area (Å²) in [5.74, 6) is 0.623. The molecule has 0 aromatic carbocycles. The van der Waals surface area contributed by atoms with Gasteiger partial charge in [0.2, 0.25) is 0 Å². The highest BCUT2D eigenvalue weighted by Gasteiger charge is 2.50. The highest BCUT2D eigenvalue weighted by Crippen LogP contribution is 2.49. The van der Waals surface area contributed by atoms with Gasteiger partial charge in [-0.3, -0.25) is 9.78 Å². The first-order valence-corrected chi connectivity index (χ1v) is 8.55. The lowest BCUT2D eigenvalue weighted by atomic mass is 9.81. The van der Waals surface area contributed by atoms with E-state index in [2.05, 4.69) is 4.98 Å². The van der Waals surface area contributed by atoms with Gasteiger partial charge in [-0.25, -0.2) is 0 Å². The first kappa shape index (κ1) is 15.4. The van der Waals surface area contributed by atoms with Crippen molar-refractivity contribution in [1.29, 1.82) is 0 Å². The van der Waals surface area contributed by atoms with E-state index in [9.17, 15) is 4.79 Å². The smallest absolute Gasteiger partial charge is 0.257 e. The van der Waals surface area contributed by atoms with Gasteiger partial charge in [0.05, 0.1) is 25.0 Å². The van der Waals surface area contributed by atoms with E-state index >= 15 is 0 Å². The van der Waals surface area contributed by atoms with E-state index in [4.69, 9.17) is 9.15 Å². The van der Waals surface area contributed by atoms with E-state index in [0.717, 1.165) is 31.7 Å².